The minimum atomic E-state index is -0.668. The van der Waals surface area contributed by atoms with Crippen LogP contribution in [0, 0.1) is 11.8 Å². The molecular formula is C22H34N2O4. The number of hydroxylamine groups is 1. The number of hydrogen-bond acceptors (Lipinski definition) is 4. The van der Waals surface area contributed by atoms with Gasteiger partial charge in [0.05, 0.1) is 18.1 Å². The summed E-state index contributed by atoms with van der Waals surface area (Å²) in [5.74, 6) is -1.83. The third kappa shape index (κ3) is 5.55. The van der Waals surface area contributed by atoms with Crippen molar-refractivity contribution in [1.82, 2.24) is 10.8 Å². The van der Waals surface area contributed by atoms with E-state index in [4.69, 9.17) is 5.21 Å². The van der Waals surface area contributed by atoms with Gasteiger partial charge in [0.2, 0.25) is 11.8 Å². The average molecular weight is 391 g/mol. The van der Waals surface area contributed by atoms with Crippen LogP contribution in [-0.2, 0) is 16.0 Å². The first-order valence-electron chi connectivity index (χ1n) is 10.5. The Morgan fingerprint density at radius 3 is 2.43 bits per heavy atom. The molecule has 6 nitrogen and oxygen atoms in total. The van der Waals surface area contributed by atoms with Crippen molar-refractivity contribution >= 4 is 11.8 Å². The molecule has 1 aliphatic carbocycles. The van der Waals surface area contributed by atoms with Crippen LogP contribution in [0.25, 0.3) is 0 Å². The van der Waals surface area contributed by atoms with Crippen LogP contribution in [0.1, 0.15) is 76.0 Å². The monoisotopic (exact) mass is 390 g/mol. The van der Waals surface area contributed by atoms with E-state index in [1.807, 2.05) is 31.2 Å². The molecule has 156 valence electrons. The van der Waals surface area contributed by atoms with Gasteiger partial charge in [-0.2, -0.15) is 0 Å². The number of aliphatic hydroxyl groups excluding tert-OH is 1. The van der Waals surface area contributed by atoms with Crippen molar-refractivity contribution < 1.29 is 19.9 Å². The van der Waals surface area contributed by atoms with Crippen LogP contribution in [-0.4, -0.2) is 28.2 Å². The predicted molar refractivity (Wildman–Crippen MR) is 108 cm³/mol. The first-order chi connectivity index (χ1) is 13.5. The lowest BCUT2D eigenvalue weighted by molar-refractivity contribution is -0.141. The van der Waals surface area contributed by atoms with E-state index in [0.717, 1.165) is 43.2 Å². The van der Waals surface area contributed by atoms with Gasteiger partial charge in [0, 0.05) is 12.3 Å². The second-order valence-corrected chi connectivity index (χ2v) is 7.78. The van der Waals surface area contributed by atoms with Crippen molar-refractivity contribution in [3.05, 3.63) is 35.4 Å². The summed E-state index contributed by atoms with van der Waals surface area (Å²) in [7, 11) is 0. The molecule has 0 spiro atoms. The molecule has 0 bridgehead atoms. The standard InChI is InChI=1S/C22H34N2O4/c1-3-5-6-7-13-18(17(10-4-2)22(27)24-28)21(26)23-20-16-12-9-8-11-15(16)14-19(20)25/h8-9,11-12,17-20,25,28H,3-7,10,13-14H2,1-2H3,(H,23,26)(H,24,27)/t17-,18+,19-,20-/m0/s1. The van der Waals surface area contributed by atoms with Crippen LogP contribution < -0.4 is 10.8 Å². The van der Waals surface area contributed by atoms with Gasteiger partial charge in [0.25, 0.3) is 0 Å². The van der Waals surface area contributed by atoms with Crippen molar-refractivity contribution in [2.75, 3.05) is 0 Å². The maximum absolute atomic E-state index is 13.2. The van der Waals surface area contributed by atoms with Gasteiger partial charge in [-0.05, 0) is 24.0 Å². The molecule has 4 N–H and O–H groups in total. The van der Waals surface area contributed by atoms with Crippen molar-refractivity contribution in [3.8, 4) is 0 Å². The van der Waals surface area contributed by atoms with Crippen LogP contribution in [0.4, 0.5) is 0 Å². The van der Waals surface area contributed by atoms with Gasteiger partial charge < -0.3 is 10.4 Å². The number of aliphatic hydroxyl groups is 1. The zero-order chi connectivity index (χ0) is 20.5. The molecule has 0 fully saturated rings. The van der Waals surface area contributed by atoms with Gasteiger partial charge in [-0.15, -0.1) is 0 Å². The Morgan fingerprint density at radius 2 is 1.75 bits per heavy atom. The molecule has 2 amide bonds. The third-order valence-electron chi connectivity index (χ3n) is 5.74. The average Bonchev–Trinajstić information content (AvgIpc) is 3.01. The van der Waals surface area contributed by atoms with E-state index >= 15 is 0 Å². The number of benzene rings is 1. The number of carbonyl (C=O) groups excluding carboxylic acids is 2. The molecule has 0 saturated carbocycles. The minimum absolute atomic E-state index is 0.223. The molecule has 2 rings (SSSR count). The molecule has 0 radical (unpaired) electrons. The Bertz CT molecular complexity index is 649. The highest BCUT2D eigenvalue weighted by atomic mass is 16.5. The van der Waals surface area contributed by atoms with E-state index in [-0.39, 0.29) is 5.91 Å². The van der Waals surface area contributed by atoms with E-state index in [2.05, 4.69) is 12.2 Å². The highest BCUT2D eigenvalue weighted by Gasteiger charge is 2.37. The Balaban J connectivity index is 2.16. The number of carbonyl (C=O) groups is 2. The van der Waals surface area contributed by atoms with Crippen LogP contribution >= 0.6 is 0 Å². The van der Waals surface area contributed by atoms with Crippen LogP contribution in [0.3, 0.4) is 0 Å². The smallest absolute Gasteiger partial charge is 0.247 e. The van der Waals surface area contributed by atoms with Crippen molar-refractivity contribution in [2.45, 2.75) is 77.4 Å². The first-order valence-corrected chi connectivity index (χ1v) is 10.5. The molecule has 28 heavy (non-hydrogen) atoms. The number of nitrogens with one attached hydrogen (secondary N) is 2. The molecule has 0 heterocycles. The zero-order valence-electron chi connectivity index (χ0n) is 17.0. The Morgan fingerprint density at radius 1 is 1.04 bits per heavy atom. The van der Waals surface area contributed by atoms with Gasteiger partial charge in [-0.25, -0.2) is 5.48 Å². The number of fused-ring (bicyclic) bond motifs is 1. The molecule has 6 heteroatoms. The van der Waals surface area contributed by atoms with Crippen LogP contribution in [0.15, 0.2) is 24.3 Å². The number of unbranched alkanes of at least 4 members (excludes halogenated alkanes) is 3. The van der Waals surface area contributed by atoms with E-state index in [9.17, 15) is 14.7 Å². The summed E-state index contributed by atoms with van der Waals surface area (Å²) >= 11 is 0. The van der Waals surface area contributed by atoms with E-state index < -0.39 is 29.9 Å². The van der Waals surface area contributed by atoms with Crippen molar-refractivity contribution in [3.63, 3.8) is 0 Å². The van der Waals surface area contributed by atoms with Crippen LogP contribution in [0.5, 0.6) is 0 Å². The van der Waals surface area contributed by atoms with Gasteiger partial charge in [0.1, 0.15) is 0 Å². The Hall–Kier alpha value is -1.92. The molecule has 0 aromatic heterocycles. The second-order valence-electron chi connectivity index (χ2n) is 7.78. The van der Waals surface area contributed by atoms with Gasteiger partial charge in [0.15, 0.2) is 0 Å². The molecule has 1 aromatic rings. The quantitative estimate of drug-likeness (QED) is 0.265. The summed E-state index contributed by atoms with van der Waals surface area (Å²) in [6, 6.07) is 7.26. The largest absolute Gasteiger partial charge is 0.390 e. The summed E-state index contributed by atoms with van der Waals surface area (Å²) in [6.45, 7) is 4.09. The highest BCUT2D eigenvalue weighted by molar-refractivity contribution is 5.87. The lowest BCUT2D eigenvalue weighted by Crippen LogP contribution is -2.44. The van der Waals surface area contributed by atoms with Crippen molar-refractivity contribution in [2.24, 2.45) is 11.8 Å². The predicted octanol–water partition coefficient (Wildman–Crippen LogP) is 3.27. The summed E-state index contributed by atoms with van der Waals surface area (Å²) < 4.78 is 0. The SMILES string of the molecule is CCCCCC[C@@H](C(=O)N[C@H]1c2ccccc2C[C@@H]1O)[C@H](CCC)C(=O)NO. The van der Waals surface area contributed by atoms with E-state index in [1.54, 1.807) is 5.48 Å². The van der Waals surface area contributed by atoms with E-state index in [0.29, 0.717) is 19.3 Å². The van der Waals surface area contributed by atoms with Crippen LogP contribution in [0.2, 0.25) is 0 Å². The lowest BCUT2D eigenvalue weighted by Gasteiger charge is -2.27. The maximum Gasteiger partial charge on any atom is 0.247 e. The summed E-state index contributed by atoms with van der Waals surface area (Å²) in [5.41, 5.74) is 3.71. The lowest BCUT2D eigenvalue weighted by atomic mass is 9.83. The Kier molecular flexibility index (Phi) is 8.93. The fourth-order valence-corrected chi connectivity index (χ4v) is 4.22. The fourth-order valence-electron chi connectivity index (χ4n) is 4.22. The molecule has 1 aromatic carbocycles. The fraction of sp³-hybridized carbons (Fsp3) is 0.636. The summed E-state index contributed by atoms with van der Waals surface area (Å²) in [6.07, 6.45) is 5.76. The zero-order valence-corrected chi connectivity index (χ0v) is 17.0. The molecule has 1 aliphatic rings. The number of rotatable bonds is 11. The molecule has 0 aliphatic heterocycles. The molecular weight excluding hydrogens is 356 g/mol. The number of amides is 2. The summed E-state index contributed by atoms with van der Waals surface area (Å²) in [5, 5.41) is 22.6. The second kappa shape index (κ2) is 11.2. The van der Waals surface area contributed by atoms with E-state index in [1.165, 1.54) is 0 Å². The normalized spacial score (nSPS) is 20.3. The molecule has 0 saturated heterocycles. The van der Waals surface area contributed by atoms with Gasteiger partial charge in [-0.1, -0.05) is 70.2 Å². The minimum Gasteiger partial charge on any atom is -0.390 e. The topological polar surface area (TPSA) is 98.7 Å². The molecule has 4 atom stereocenters. The van der Waals surface area contributed by atoms with Gasteiger partial charge >= 0.3 is 0 Å². The Labute approximate surface area is 167 Å². The first kappa shape index (κ1) is 22.4. The highest BCUT2D eigenvalue weighted by Crippen LogP contribution is 2.33. The molecule has 0 unspecified atom stereocenters. The van der Waals surface area contributed by atoms with Gasteiger partial charge in [-0.3, -0.25) is 14.8 Å². The van der Waals surface area contributed by atoms with Crippen molar-refractivity contribution in [1.29, 1.82) is 0 Å². The third-order valence-corrected chi connectivity index (χ3v) is 5.74. The number of hydrogen-bond donors (Lipinski definition) is 4. The summed E-state index contributed by atoms with van der Waals surface area (Å²) in [4.78, 5) is 25.4. The maximum atomic E-state index is 13.2.